The summed E-state index contributed by atoms with van der Waals surface area (Å²) in [6, 6.07) is 7.65. The van der Waals surface area contributed by atoms with Gasteiger partial charge in [0.25, 0.3) is 5.56 Å². The predicted molar refractivity (Wildman–Crippen MR) is 128 cm³/mol. The molecule has 1 saturated heterocycles. The molecule has 1 aliphatic heterocycles. The van der Waals surface area contributed by atoms with Crippen LogP contribution < -0.4 is 21.9 Å². The second-order valence-electron chi connectivity index (χ2n) is 8.80. The maximum absolute atomic E-state index is 13.7. The third-order valence-corrected chi connectivity index (χ3v) is 6.11. The van der Waals surface area contributed by atoms with Crippen LogP contribution in [0.1, 0.15) is 37.9 Å². The Morgan fingerprint density at radius 1 is 1.27 bits per heavy atom. The number of fused-ring (bicyclic) bond motifs is 1. The molecule has 9 heteroatoms. The fraction of sp³-hybridized carbons (Fsp3) is 0.417. The Kier molecular flexibility index (Phi) is 6.20. The van der Waals surface area contributed by atoms with E-state index in [1.165, 1.54) is 9.13 Å². The summed E-state index contributed by atoms with van der Waals surface area (Å²) in [5, 5.41) is 10.1. The first-order chi connectivity index (χ1) is 15.8. The highest BCUT2D eigenvalue weighted by atomic mass is 16.2. The van der Waals surface area contributed by atoms with Gasteiger partial charge in [-0.3, -0.25) is 18.9 Å². The molecule has 0 spiro atoms. The fourth-order valence-corrected chi connectivity index (χ4v) is 4.51. The lowest BCUT2D eigenvalue weighted by Gasteiger charge is -2.33. The van der Waals surface area contributed by atoms with Crippen molar-refractivity contribution in [3.05, 3.63) is 68.1 Å². The molecule has 1 atom stereocenters. The molecule has 4 heterocycles. The van der Waals surface area contributed by atoms with Gasteiger partial charge in [-0.25, -0.2) is 4.79 Å². The van der Waals surface area contributed by atoms with Crippen molar-refractivity contribution in [2.24, 2.45) is 12.8 Å². The number of pyridine rings is 1. The molecule has 3 aromatic rings. The number of allylic oxidation sites excluding steroid dienone is 2. The summed E-state index contributed by atoms with van der Waals surface area (Å²) >= 11 is 0. The van der Waals surface area contributed by atoms with Gasteiger partial charge in [0.05, 0.1) is 17.8 Å². The van der Waals surface area contributed by atoms with Crippen LogP contribution in [0, 0.1) is 11.3 Å². The van der Waals surface area contributed by atoms with E-state index in [4.69, 9.17) is 5.73 Å². The molecular weight excluding hydrogens is 418 g/mol. The molecule has 0 aromatic carbocycles. The Morgan fingerprint density at radius 2 is 2.06 bits per heavy atom. The van der Waals surface area contributed by atoms with Gasteiger partial charge in [0.1, 0.15) is 23.0 Å². The van der Waals surface area contributed by atoms with Gasteiger partial charge < -0.3 is 15.2 Å². The van der Waals surface area contributed by atoms with Crippen molar-refractivity contribution in [1.82, 2.24) is 18.7 Å². The molecule has 3 aromatic heterocycles. The molecule has 0 bridgehead atoms. The quantitative estimate of drug-likeness (QED) is 0.596. The third kappa shape index (κ3) is 4.10. The van der Waals surface area contributed by atoms with Crippen molar-refractivity contribution in [1.29, 1.82) is 5.26 Å². The van der Waals surface area contributed by atoms with Crippen LogP contribution in [0.25, 0.3) is 11.0 Å². The van der Waals surface area contributed by atoms with Gasteiger partial charge >= 0.3 is 5.69 Å². The van der Waals surface area contributed by atoms with Gasteiger partial charge in [-0.1, -0.05) is 17.7 Å². The van der Waals surface area contributed by atoms with Crippen LogP contribution in [0.5, 0.6) is 0 Å². The van der Waals surface area contributed by atoms with Crippen LogP contribution in [0.15, 0.2) is 45.6 Å². The van der Waals surface area contributed by atoms with Crippen molar-refractivity contribution in [2.75, 3.05) is 18.0 Å². The zero-order valence-corrected chi connectivity index (χ0v) is 19.3. The first-order valence-corrected chi connectivity index (χ1v) is 11.1. The monoisotopic (exact) mass is 447 g/mol. The number of nitrogens with zero attached hydrogens (tertiary/aromatic N) is 6. The maximum atomic E-state index is 13.7. The van der Waals surface area contributed by atoms with Crippen molar-refractivity contribution < 1.29 is 0 Å². The number of anilines is 1. The van der Waals surface area contributed by atoms with Gasteiger partial charge in [0.15, 0.2) is 0 Å². The molecule has 0 amide bonds. The molecule has 33 heavy (non-hydrogen) atoms. The number of aryl methyl sites for hydroxylation is 1. The minimum atomic E-state index is -0.476. The highest BCUT2D eigenvalue weighted by molar-refractivity contribution is 5.90. The van der Waals surface area contributed by atoms with Gasteiger partial charge in [-0.2, -0.15) is 5.26 Å². The van der Waals surface area contributed by atoms with E-state index in [9.17, 15) is 14.9 Å². The number of rotatable bonds is 5. The van der Waals surface area contributed by atoms with Gasteiger partial charge in [0, 0.05) is 38.9 Å². The summed E-state index contributed by atoms with van der Waals surface area (Å²) in [6.45, 7) is 5.78. The predicted octanol–water partition coefficient (Wildman–Crippen LogP) is 1.71. The SMILES string of the molecule is CC(C)=CCn1c(N2CCC[C@H](N)C2)c(C#N)c2c1c(=O)n(Cc1ccccn1)c(=O)n2C. The molecule has 1 fully saturated rings. The Labute approximate surface area is 192 Å². The van der Waals surface area contributed by atoms with E-state index in [1.807, 2.05) is 30.6 Å². The highest BCUT2D eigenvalue weighted by Crippen LogP contribution is 2.32. The first-order valence-electron chi connectivity index (χ1n) is 11.1. The minimum absolute atomic E-state index is 0.00941. The number of aromatic nitrogens is 4. The summed E-state index contributed by atoms with van der Waals surface area (Å²) < 4.78 is 4.47. The summed E-state index contributed by atoms with van der Waals surface area (Å²) in [5.74, 6) is 0.655. The average Bonchev–Trinajstić information content (AvgIpc) is 3.14. The van der Waals surface area contributed by atoms with Crippen molar-refractivity contribution in [2.45, 2.75) is 45.8 Å². The smallest absolute Gasteiger partial charge is 0.331 e. The van der Waals surface area contributed by atoms with Gasteiger partial charge in [-0.05, 0) is 38.8 Å². The van der Waals surface area contributed by atoms with Crippen molar-refractivity contribution >= 4 is 16.9 Å². The first kappa shape index (κ1) is 22.6. The van der Waals surface area contributed by atoms with Crippen molar-refractivity contribution in [3.63, 3.8) is 0 Å². The summed E-state index contributed by atoms with van der Waals surface area (Å²) in [6.07, 6.45) is 5.47. The zero-order valence-electron chi connectivity index (χ0n) is 19.3. The molecule has 0 unspecified atom stereocenters. The summed E-state index contributed by atoms with van der Waals surface area (Å²) in [4.78, 5) is 33.3. The van der Waals surface area contributed by atoms with E-state index in [2.05, 4.69) is 16.0 Å². The second-order valence-corrected chi connectivity index (χ2v) is 8.80. The maximum Gasteiger partial charge on any atom is 0.331 e. The zero-order chi connectivity index (χ0) is 23.7. The molecule has 2 N–H and O–H groups in total. The van der Waals surface area contributed by atoms with E-state index >= 15 is 0 Å². The van der Waals surface area contributed by atoms with Crippen molar-refractivity contribution in [3.8, 4) is 6.07 Å². The molecule has 4 rings (SSSR count). The van der Waals surface area contributed by atoms with Gasteiger partial charge in [-0.15, -0.1) is 0 Å². The molecule has 9 nitrogen and oxygen atoms in total. The minimum Gasteiger partial charge on any atom is -0.355 e. The highest BCUT2D eigenvalue weighted by Gasteiger charge is 2.29. The standard InChI is InChI=1S/C24H29N7O2/c1-16(2)9-12-30-21-20(19(13-25)22(30)29-11-6-7-17(26)14-29)28(3)24(33)31(23(21)32)15-18-8-4-5-10-27-18/h4-5,8-10,17H,6-7,11-12,14-15,26H2,1-3H3/t17-/m0/s1. The van der Waals surface area contributed by atoms with Crippen LogP contribution in [-0.2, 0) is 20.1 Å². The Morgan fingerprint density at radius 3 is 2.70 bits per heavy atom. The van der Waals surface area contributed by atoms with Crippen LogP contribution in [0.4, 0.5) is 5.82 Å². The number of nitriles is 1. The fourth-order valence-electron chi connectivity index (χ4n) is 4.51. The van der Waals surface area contributed by atoms with E-state index in [-0.39, 0.29) is 12.6 Å². The van der Waals surface area contributed by atoms with Crippen LogP contribution in [0.2, 0.25) is 0 Å². The normalized spacial score (nSPS) is 16.1. The van der Waals surface area contributed by atoms with E-state index in [0.717, 1.165) is 25.0 Å². The number of piperidine rings is 1. The van der Waals surface area contributed by atoms with E-state index in [1.54, 1.807) is 25.4 Å². The lowest BCUT2D eigenvalue weighted by atomic mass is 10.1. The van der Waals surface area contributed by atoms with Crippen LogP contribution >= 0.6 is 0 Å². The number of hydrogen-bond donors (Lipinski definition) is 1. The Balaban J connectivity index is 2.04. The lowest BCUT2D eigenvalue weighted by molar-refractivity contribution is 0.498. The third-order valence-electron chi connectivity index (χ3n) is 6.11. The van der Waals surface area contributed by atoms with Crippen LogP contribution in [-0.4, -0.2) is 37.8 Å². The van der Waals surface area contributed by atoms with Gasteiger partial charge in [0.2, 0.25) is 0 Å². The Hall–Kier alpha value is -3.64. The van der Waals surface area contributed by atoms with E-state index in [0.29, 0.717) is 41.2 Å². The summed E-state index contributed by atoms with van der Waals surface area (Å²) in [5.41, 5.74) is 8.09. The molecular formula is C24H29N7O2. The van der Waals surface area contributed by atoms with Crippen LogP contribution in [0.3, 0.4) is 0 Å². The average molecular weight is 448 g/mol. The largest absolute Gasteiger partial charge is 0.355 e. The number of hydrogen-bond acceptors (Lipinski definition) is 6. The molecule has 172 valence electrons. The molecule has 0 radical (unpaired) electrons. The molecule has 0 aliphatic carbocycles. The lowest BCUT2D eigenvalue weighted by Crippen LogP contribution is -2.44. The topological polar surface area (TPSA) is 115 Å². The Bertz CT molecular complexity index is 1370. The molecule has 1 aliphatic rings. The summed E-state index contributed by atoms with van der Waals surface area (Å²) in [7, 11) is 1.61. The molecule has 0 saturated carbocycles. The van der Waals surface area contributed by atoms with E-state index < -0.39 is 11.2 Å². The number of nitrogens with two attached hydrogens (primary N) is 1. The second kappa shape index (κ2) is 9.08.